The van der Waals surface area contributed by atoms with Crippen LogP contribution in [0.5, 0.6) is 0 Å². The van der Waals surface area contributed by atoms with Crippen LogP contribution in [-0.4, -0.2) is 48.2 Å². The van der Waals surface area contributed by atoms with Gasteiger partial charge < -0.3 is 15.5 Å². The minimum atomic E-state index is -0.205. The number of amides is 1. The molecule has 122 valence electrons. The lowest BCUT2D eigenvalue weighted by Gasteiger charge is -2.10. The molecule has 0 bridgehead atoms. The maximum atomic E-state index is 12.0. The minimum absolute atomic E-state index is 0.205. The van der Waals surface area contributed by atoms with Crippen molar-refractivity contribution in [3.05, 3.63) is 46.6 Å². The van der Waals surface area contributed by atoms with Crippen molar-refractivity contribution in [1.82, 2.24) is 20.4 Å². The zero-order chi connectivity index (χ0) is 16.7. The van der Waals surface area contributed by atoms with Crippen molar-refractivity contribution in [2.75, 3.05) is 32.5 Å². The van der Waals surface area contributed by atoms with E-state index in [4.69, 9.17) is 0 Å². The van der Waals surface area contributed by atoms with Gasteiger partial charge in [-0.1, -0.05) is 12.1 Å². The fourth-order valence-corrected chi connectivity index (χ4v) is 2.29. The molecule has 1 aromatic carbocycles. The summed E-state index contributed by atoms with van der Waals surface area (Å²) in [4.78, 5) is 14.0. The fraction of sp³-hybridized carbons (Fsp3) is 0.312. The number of para-hydroxylation sites is 1. The van der Waals surface area contributed by atoms with Gasteiger partial charge in [0.25, 0.3) is 5.91 Å². The average molecular weight is 378 g/mol. The van der Waals surface area contributed by atoms with Gasteiger partial charge in [0.2, 0.25) is 0 Å². The summed E-state index contributed by atoms with van der Waals surface area (Å²) in [6.07, 6.45) is 0.897. The van der Waals surface area contributed by atoms with Crippen LogP contribution in [0.15, 0.2) is 40.9 Å². The molecule has 2 rings (SSSR count). The molecule has 0 saturated heterocycles. The summed E-state index contributed by atoms with van der Waals surface area (Å²) in [6.45, 7) is 1.55. The van der Waals surface area contributed by atoms with Crippen molar-refractivity contribution >= 4 is 33.3 Å². The minimum Gasteiger partial charge on any atom is -0.351 e. The molecule has 0 aliphatic carbocycles. The number of halogens is 1. The van der Waals surface area contributed by atoms with Gasteiger partial charge in [-0.2, -0.15) is 0 Å². The predicted molar refractivity (Wildman–Crippen MR) is 95.0 cm³/mol. The van der Waals surface area contributed by atoms with E-state index in [1.54, 1.807) is 12.1 Å². The molecular weight excluding hydrogens is 358 g/mol. The molecule has 0 fully saturated rings. The predicted octanol–water partition coefficient (Wildman–Crippen LogP) is 2.66. The maximum absolute atomic E-state index is 12.0. The lowest BCUT2D eigenvalue weighted by molar-refractivity contribution is 0.0946. The van der Waals surface area contributed by atoms with E-state index < -0.39 is 0 Å². The zero-order valence-corrected chi connectivity index (χ0v) is 14.8. The molecule has 0 saturated carbocycles. The Kier molecular flexibility index (Phi) is 6.49. The summed E-state index contributed by atoms with van der Waals surface area (Å²) in [5.41, 5.74) is 1.20. The number of anilines is 2. The third-order valence-electron chi connectivity index (χ3n) is 3.10. The molecular formula is C16H20BrN5O. The SMILES string of the molecule is CN(C)CCCNC(=O)c1ccc(Nc2ccccc2Br)nn1. The zero-order valence-electron chi connectivity index (χ0n) is 13.2. The molecule has 1 aromatic heterocycles. The Morgan fingerprint density at radius 2 is 1.96 bits per heavy atom. The van der Waals surface area contributed by atoms with Gasteiger partial charge in [-0.25, -0.2) is 0 Å². The summed E-state index contributed by atoms with van der Waals surface area (Å²) in [5, 5.41) is 14.0. The molecule has 0 aliphatic rings. The van der Waals surface area contributed by atoms with Crippen LogP contribution in [0.4, 0.5) is 11.5 Å². The van der Waals surface area contributed by atoms with Crippen LogP contribution in [0.1, 0.15) is 16.9 Å². The Morgan fingerprint density at radius 3 is 2.61 bits per heavy atom. The normalized spacial score (nSPS) is 10.6. The Bertz CT molecular complexity index is 645. The Hall–Kier alpha value is -1.99. The van der Waals surface area contributed by atoms with Crippen LogP contribution in [0, 0.1) is 0 Å². The molecule has 1 heterocycles. The van der Waals surface area contributed by atoms with Gasteiger partial charge in [0, 0.05) is 11.0 Å². The quantitative estimate of drug-likeness (QED) is 0.725. The van der Waals surface area contributed by atoms with E-state index in [1.807, 2.05) is 38.4 Å². The second-order valence-electron chi connectivity index (χ2n) is 5.32. The molecule has 0 aliphatic heterocycles. The summed E-state index contributed by atoms with van der Waals surface area (Å²) in [7, 11) is 4.01. The molecule has 0 radical (unpaired) electrons. The molecule has 2 N–H and O–H groups in total. The van der Waals surface area contributed by atoms with Crippen molar-refractivity contribution in [2.24, 2.45) is 0 Å². The number of hydrogen-bond acceptors (Lipinski definition) is 5. The van der Waals surface area contributed by atoms with Gasteiger partial charge in [-0.05, 0) is 67.3 Å². The van der Waals surface area contributed by atoms with E-state index in [0.717, 1.165) is 23.1 Å². The summed E-state index contributed by atoms with van der Waals surface area (Å²) >= 11 is 3.46. The molecule has 2 aromatic rings. The summed E-state index contributed by atoms with van der Waals surface area (Å²) in [5.74, 6) is 0.379. The third-order valence-corrected chi connectivity index (χ3v) is 3.79. The van der Waals surface area contributed by atoms with Gasteiger partial charge >= 0.3 is 0 Å². The van der Waals surface area contributed by atoms with Crippen molar-refractivity contribution in [2.45, 2.75) is 6.42 Å². The van der Waals surface area contributed by atoms with Crippen molar-refractivity contribution in [3.63, 3.8) is 0 Å². The van der Waals surface area contributed by atoms with Gasteiger partial charge in [-0.3, -0.25) is 4.79 Å². The first-order chi connectivity index (χ1) is 11.1. The lowest BCUT2D eigenvalue weighted by Crippen LogP contribution is -2.28. The van der Waals surface area contributed by atoms with Crippen molar-refractivity contribution in [1.29, 1.82) is 0 Å². The number of rotatable bonds is 7. The molecule has 0 spiro atoms. The molecule has 6 nitrogen and oxygen atoms in total. The van der Waals surface area contributed by atoms with Crippen LogP contribution in [0.2, 0.25) is 0 Å². The summed E-state index contributed by atoms with van der Waals surface area (Å²) < 4.78 is 0.935. The van der Waals surface area contributed by atoms with Gasteiger partial charge in [0.1, 0.15) is 0 Å². The van der Waals surface area contributed by atoms with E-state index in [0.29, 0.717) is 18.1 Å². The number of nitrogens with one attached hydrogen (secondary N) is 2. The third kappa shape index (κ3) is 5.61. The molecule has 0 unspecified atom stereocenters. The average Bonchev–Trinajstić information content (AvgIpc) is 2.54. The second-order valence-corrected chi connectivity index (χ2v) is 6.18. The molecule has 1 amide bonds. The van der Waals surface area contributed by atoms with E-state index in [-0.39, 0.29) is 5.91 Å². The highest BCUT2D eigenvalue weighted by atomic mass is 79.9. The van der Waals surface area contributed by atoms with Crippen LogP contribution < -0.4 is 10.6 Å². The number of benzene rings is 1. The van der Waals surface area contributed by atoms with Gasteiger partial charge in [0.15, 0.2) is 11.5 Å². The lowest BCUT2D eigenvalue weighted by atomic mass is 10.3. The molecule has 7 heteroatoms. The number of aromatic nitrogens is 2. The fourth-order valence-electron chi connectivity index (χ4n) is 1.91. The van der Waals surface area contributed by atoms with Crippen molar-refractivity contribution in [3.8, 4) is 0 Å². The van der Waals surface area contributed by atoms with Crippen LogP contribution in [0.3, 0.4) is 0 Å². The summed E-state index contributed by atoms with van der Waals surface area (Å²) in [6, 6.07) is 11.1. The largest absolute Gasteiger partial charge is 0.351 e. The smallest absolute Gasteiger partial charge is 0.271 e. The molecule has 23 heavy (non-hydrogen) atoms. The highest BCUT2D eigenvalue weighted by Gasteiger charge is 2.08. The number of carbonyl (C=O) groups is 1. The first-order valence-electron chi connectivity index (χ1n) is 7.34. The van der Waals surface area contributed by atoms with E-state index in [1.165, 1.54) is 0 Å². The monoisotopic (exact) mass is 377 g/mol. The highest BCUT2D eigenvalue weighted by molar-refractivity contribution is 9.10. The number of hydrogen-bond donors (Lipinski definition) is 2. The Labute approximate surface area is 144 Å². The Morgan fingerprint density at radius 1 is 1.17 bits per heavy atom. The molecule has 0 atom stereocenters. The van der Waals surface area contributed by atoms with Crippen LogP contribution in [0.25, 0.3) is 0 Å². The van der Waals surface area contributed by atoms with Gasteiger partial charge in [-0.15, -0.1) is 10.2 Å². The first kappa shape index (κ1) is 17.4. The topological polar surface area (TPSA) is 70.2 Å². The van der Waals surface area contributed by atoms with Crippen LogP contribution >= 0.6 is 15.9 Å². The van der Waals surface area contributed by atoms with E-state index in [9.17, 15) is 4.79 Å². The highest BCUT2D eigenvalue weighted by Crippen LogP contribution is 2.23. The van der Waals surface area contributed by atoms with Gasteiger partial charge in [0.05, 0.1) is 5.69 Å². The number of carbonyl (C=O) groups excluding carboxylic acids is 1. The standard InChI is InChI=1S/C16H20BrN5O/c1-22(2)11-5-10-18-16(23)14-8-9-15(21-20-14)19-13-7-4-3-6-12(13)17/h3-4,6-9H,5,10-11H2,1-2H3,(H,18,23)(H,19,21). The Balaban J connectivity index is 1.89. The first-order valence-corrected chi connectivity index (χ1v) is 8.14. The van der Waals surface area contributed by atoms with Crippen LogP contribution in [-0.2, 0) is 0 Å². The van der Waals surface area contributed by atoms with Crippen molar-refractivity contribution < 1.29 is 4.79 Å². The number of nitrogens with zero attached hydrogens (tertiary/aromatic N) is 3. The second kappa shape index (κ2) is 8.59. The van der Waals surface area contributed by atoms with E-state index in [2.05, 4.69) is 41.7 Å². The van der Waals surface area contributed by atoms with E-state index >= 15 is 0 Å². The maximum Gasteiger partial charge on any atom is 0.271 e.